The van der Waals surface area contributed by atoms with Gasteiger partial charge in [0.1, 0.15) is 11.6 Å². The average Bonchev–Trinajstić information content (AvgIpc) is 3.37. The van der Waals surface area contributed by atoms with Gasteiger partial charge in [-0.2, -0.15) is 0 Å². The van der Waals surface area contributed by atoms with E-state index in [0.29, 0.717) is 22.6 Å². The van der Waals surface area contributed by atoms with E-state index in [-0.39, 0.29) is 17.7 Å². The van der Waals surface area contributed by atoms with Crippen molar-refractivity contribution in [2.75, 3.05) is 17.7 Å². The zero-order valence-electron chi connectivity index (χ0n) is 12.0. The first-order valence-corrected chi connectivity index (χ1v) is 6.89. The van der Waals surface area contributed by atoms with E-state index in [1.54, 1.807) is 19.3 Å². The molecule has 2 heterocycles. The number of nitrogens with one attached hydrogen (secondary N) is 2. The summed E-state index contributed by atoms with van der Waals surface area (Å²) in [7, 11) is 1.74. The van der Waals surface area contributed by atoms with E-state index < -0.39 is 0 Å². The van der Waals surface area contributed by atoms with Crippen LogP contribution in [0.1, 0.15) is 18.4 Å². The van der Waals surface area contributed by atoms with E-state index in [1.165, 1.54) is 6.20 Å². The summed E-state index contributed by atoms with van der Waals surface area (Å²) in [5.74, 6) is 1.07. The second kappa shape index (κ2) is 5.47. The molecule has 5 N–H and O–H groups in total. The second-order valence-electron chi connectivity index (χ2n) is 5.13. The van der Waals surface area contributed by atoms with Crippen molar-refractivity contribution in [3.05, 3.63) is 24.0 Å². The van der Waals surface area contributed by atoms with Crippen LogP contribution in [0.15, 0.2) is 23.6 Å². The van der Waals surface area contributed by atoms with Gasteiger partial charge >= 0.3 is 0 Å². The molecule has 22 heavy (non-hydrogen) atoms. The number of carbonyl (C=O) groups is 1. The van der Waals surface area contributed by atoms with Crippen LogP contribution in [0.2, 0.25) is 0 Å². The standard InChI is InChI=1S/C14H16N6O2/c1-16-13-10-6-17-11(19-14(21)7-2-3-7)4-8(10)9(5-18-13)12(15)20-22/h4-7,22H,2-3H2,1H3,(H2,15,20)(H,16,18)(H,17,19,21). The van der Waals surface area contributed by atoms with Crippen molar-refractivity contribution in [1.29, 1.82) is 0 Å². The van der Waals surface area contributed by atoms with E-state index in [0.717, 1.165) is 18.2 Å². The Morgan fingerprint density at radius 1 is 1.36 bits per heavy atom. The molecule has 1 aliphatic carbocycles. The molecule has 0 bridgehead atoms. The minimum Gasteiger partial charge on any atom is -0.409 e. The number of hydrogen-bond acceptors (Lipinski definition) is 6. The van der Waals surface area contributed by atoms with Crippen LogP contribution in [0, 0.1) is 5.92 Å². The smallest absolute Gasteiger partial charge is 0.228 e. The zero-order valence-corrected chi connectivity index (χ0v) is 12.0. The highest BCUT2D eigenvalue weighted by atomic mass is 16.4. The van der Waals surface area contributed by atoms with Gasteiger partial charge in [0.05, 0.1) is 0 Å². The number of fused-ring (bicyclic) bond motifs is 1. The van der Waals surface area contributed by atoms with Crippen LogP contribution in [0.25, 0.3) is 10.8 Å². The predicted molar refractivity (Wildman–Crippen MR) is 82.9 cm³/mol. The minimum absolute atomic E-state index is 0.0277. The lowest BCUT2D eigenvalue weighted by Gasteiger charge is -2.11. The Labute approximate surface area is 126 Å². The topological polar surface area (TPSA) is 126 Å². The lowest BCUT2D eigenvalue weighted by atomic mass is 10.1. The fourth-order valence-corrected chi connectivity index (χ4v) is 2.23. The lowest BCUT2D eigenvalue weighted by Crippen LogP contribution is -2.16. The third kappa shape index (κ3) is 2.50. The van der Waals surface area contributed by atoms with Gasteiger partial charge in [-0.05, 0) is 18.9 Å². The van der Waals surface area contributed by atoms with Gasteiger partial charge in [0.2, 0.25) is 5.91 Å². The van der Waals surface area contributed by atoms with Gasteiger partial charge < -0.3 is 21.6 Å². The van der Waals surface area contributed by atoms with E-state index in [9.17, 15) is 4.79 Å². The summed E-state index contributed by atoms with van der Waals surface area (Å²) in [5.41, 5.74) is 6.17. The molecular formula is C14H16N6O2. The third-order valence-electron chi connectivity index (χ3n) is 3.59. The summed E-state index contributed by atoms with van der Waals surface area (Å²) >= 11 is 0. The summed E-state index contributed by atoms with van der Waals surface area (Å²) in [5, 5.41) is 19.1. The molecule has 1 aliphatic rings. The van der Waals surface area contributed by atoms with Gasteiger partial charge in [0.15, 0.2) is 5.84 Å². The quantitative estimate of drug-likeness (QED) is 0.290. The van der Waals surface area contributed by atoms with Crippen molar-refractivity contribution in [1.82, 2.24) is 9.97 Å². The number of aromatic nitrogens is 2. The average molecular weight is 300 g/mol. The number of nitrogens with two attached hydrogens (primary N) is 1. The van der Waals surface area contributed by atoms with Crippen molar-refractivity contribution in [3.63, 3.8) is 0 Å². The Bertz CT molecular complexity index is 769. The van der Waals surface area contributed by atoms with Crippen LogP contribution in [0.5, 0.6) is 0 Å². The number of rotatable bonds is 4. The normalized spacial score (nSPS) is 14.9. The molecule has 0 atom stereocenters. The van der Waals surface area contributed by atoms with Gasteiger partial charge in [0, 0.05) is 41.7 Å². The van der Waals surface area contributed by atoms with Crippen LogP contribution in [0.4, 0.5) is 11.6 Å². The monoisotopic (exact) mass is 300 g/mol. The minimum atomic E-state index is -0.0502. The number of oxime groups is 1. The Morgan fingerprint density at radius 3 is 2.77 bits per heavy atom. The number of carbonyl (C=O) groups excluding carboxylic acids is 1. The lowest BCUT2D eigenvalue weighted by molar-refractivity contribution is -0.117. The highest BCUT2D eigenvalue weighted by Gasteiger charge is 2.29. The molecule has 2 aromatic rings. The van der Waals surface area contributed by atoms with Crippen molar-refractivity contribution < 1.29 is 10.0 Å². The summed E-state index contributed by atoms with van der Waals surface area (Å²) < 4.78 is 0. The molecule has 0 saturated heterocycles. The number of nitrogens with zero attached hydrogens (tertiary/aromatic N) is 3. The van der Waals surface area contributed by atoms with Crippen LogP contribution in [0.3, 0.4) is 0 Å². The van der Waals surface area contributed by atoms with Crippen molar-refractivity contribution >= 4 is 34.2 Å². The highest BCUT2D eigenvalue weighted by molar-refractivity contribution is 6.11. The van der Waals surface area contributed by atoms with Crippen LogP contribution >= 0.6 is 0 Å². The maximum Gasteiger partial charge on any atom is 0.228 e. The number of anilines is 2. The Hall–Kier alpha value is -2.90. The maximum atomic E-state index is 11.8. The molecule has 2 aromatic heterocycles. The molecule has 8 nitrogen and oxygen atoms in total. The molecule has 0 aromatic carbocycles. The molecule has 114 valence electrons. The SMILES string of the molecule is CNc1ncc(C(N)=NO)c2cc(NC(=O)C3CC3)ncc12. The van der Waals surface area contributed by atoms with E-state index in [1.807, 2.05) is 0 Å². The number of hydrogen-bond donors (Lipinski definition) is 4. The van der Waals surface area contributed by atoms with Crippen molar-refractivity contribution in [3.8, 4) is 0 Å². The molecule has 0 unspecified atom stereocenters. The molecule has 0 radical (unpaired) electrons. The Morgan fingerprint density at radius 2 is 2.14 bits per heavy atom. The van der Waals surface area contributed by atoms with Gasteiger partial charge in [0.25, 0.3) is 0 Å². The third-order valence-corrected chi connectivity index (χ3v) is 3.59. The Kier molecular flexibility index (Phi) is 3.50. The predicted octanol–water partition coefficient (Wildman–Crippen LogP) is 1.11. The van der Waals surface area contributed by atoms with Crippen LogP contribution in [-0.2, 0) is 4.79 Å². The van der Waals surface area contributed by atoms with Crippen LogP contribution < -0.4 is 16.4 Å². The van der Waals surface area contributed by atoms with Crippen molar-refractivity contribution in [2.24, 2.45) is 16.8 Å². The van der Waals surface area contributed by atoms with Crippen LogP contribution in [-0.4, -0.2) is 34.0 Å². The maximum absolute atomic E-state index is 11.8. The molecule has 1 amide bonds. The van der Waals surface area contributed by atoms with Gasteiger partial charge in [-0.15, -0.1) is 0 Å². The molecule has 1 saturated carbocycles. The highest BCUT2D eigenvalue weighted by Crippen LogP contribution is 2.31. The molecule has 3 rings (SSSR count). The first-order chi connectivity index (χ1) is 10.6. The first-order valence-electron chi connectivity index (χ1n) is 6.89. The Balaban J connectivity index is 2.08. The van der Waals surface area contributed by atoms with Crippen molar-refractivity contribution in [2.45, 2.75) is 12.8 Å². The summed E-state index contributed by atoms with van der Waals surface area (Å²) in [6.45, 7) is 0. The summed E-state index contributed by atoms with van der Waals surface area (Å²) in [4.78, 5) is 20.3. The summed E-state index contributed by atoms with van der Waals surface area (Å²) in [6, 6.07) is 1.70. The molecule has 8 heteroatoms. The number of amides is 1. The van der Waals surface area contributed by atoms with E-state index in [2.05, 4.69) is 25.8 Å². The van der Waals surface area contributed by atoms with Gasteiger partial charge in [-0.3, -0.25) is 4.79 Å². The molecule has 0 aliphatic heterocycles. The van der Waals surface area contributed by atoms with Gasteiger partial charge in [-0.25, -0.2) is 9.97 Å². The number of amidine groups is 1. The second-order valence-corrected chi connectivity index (χ2v) is 5.13. The van der Waals surface area contributed by atoms with E-state index >= 15 is 0 Å². The first kappa shape index (κ1) is 14.1. The van der Waals surface area contributed by atoms with Gasteiger partial charge in [-0.1, -0.05) is 5.16 Å². The van der Waals surface area contributed by atoms with E-state index in [4.69, 9.17) is 10.9 Å². The largest absolute Gasteiger partial charge is 0.409 e. The fraction of sp³-hybridized carbons (Fsp3) is 0.286. The fourth-order valence-electron chi connectivity index (χ4n) is 2.23. The zero-order chi connectivity index (χ0) is 15.7. The molecular weight excluding hydrogens is 284 g/mol. The summed E-state index contributed by atoms with van der Waals surface area (Å²) in [6.07, 6.45) is 4.95. The molecule has 0 spiro atoms. The molecule has 1 fully saturated rings. The number of pyridine rings is 2.